The number of nitrogens with one attached hydrogen (secondary N) is 1. The minimum atomic E-state index is -4.12. The summed E-state index contributed by atoms with van der Waals surface area (Å²) in [6.45, 7) is -1.54. The number of aliphatic hydroxyl groups is 1. The highest BCUT2D eigenvalue weighted by Gasteiger charge is 2.30. The van der Waals surface area contributed by atoms with E-state index in [1.807, 2.05) is 0 Å². The molecule has 182 valence electrons. The Morgan fingerprint density at radius 2 is 1.82 bits per heavy atom. The molecule has 0 fully saturated rings. The number of hydrogen-bond donors (Lipinski definition) is 2. The van der Waals surface area contributed by atoms with Crippen LogP contribution < -0.4 is 10.1 Å². The number of alkyl halides is 2. The molecule has 0 aliphatic rings. The van der Waals surface area contributed by atoms with Crippen molar-refractivity contribution in [2.45, 2.75) is 37.9 Å². The maximum atomic E-state index is 12.7. The van der Waals surface area contributed by atoms with E-state index in [-0.39, 0.29) is 23.6 Å². The van der Waals surface area contributed by atoms with Crippen LogP contribution in [0.1, 0.15) is 29.6 Å². The zero-order valence-corrected chi connectivity index (χ0v) is 18.8. The fourth-order valence-electron chi connectivity index (χ4n) is 3.19. The van der Waals surface area contributed by atoms with E-state index in [0.717, 1.165) is 0 Å². The number of fused-ring (bicyclic) bond motifs is 1. The molecular weight excluding hydrogens is 474 g/mol. The number of ketones is 1. The SMILES string of the molecule is CC[C@H](NC(=O)C(O)CS(=O)(=O)Cc1ccccc1OC(F)F)C(=O)c1nc2ccccc2o1. The van der Waals surface area contributed by atoms with E-state index in [1.165, 1.54) is 24.3 Å². The van der Waals surface area contributed by atoms with E-state index < -0.39 is 51.8 Å². The summed E-state index contributed by atoms with van der Waals surface area (Å²) in [6, 6.07) is 10.9. The Labute approximate surface area is 193 Å². The summed E-state index contributed by atoms with van der Waals surface area (Å²) >= 11 is 0. The average Bonchev–Trinajstić information content (AvgIpc) is 3.21. The van der Waals surface area contributed by atoms with Crippen LogP contribution in [0.2, 0.25) is 0 Å². The fourth-order valence-corrected chi connectivity index (χ4v) is 4.66. The van der Waals surface area contributed by atoms with Crippen LogP contribution in [0.15, 0.2) is 52.9 Å². The number of benzene rings is 2. The predicted octanol–water partition coefficient (Wildman–Crippen LogP) is 2.48. The second-order valence-electron chi connectivity index (χ2n) is 7.38. The number of halogens is 2. The smallest absolute Gasteiger partial charge is 0.387 e. The summed E-state index contributed by atoms with van der Waals surface area (Å²) in [7, 11) is -4.12. The zero-order chi connectivity index (χ0) is 24.9. The van der Waals surface area contributed by atoms with Gasteiger partial charge in [0.25, 0.3) is 11.8 Å². The standard InChI is InChI=1S/C22H22F2N2O7S/c1-2-14(19(28)21-26-15-8-4-6-10-18(15)32-21)25-20(29)16(27)12-34(30,31)11-13-7-3-5-9-17(13)33-22(23)24/h3-10,14,16,22,27H,2,11-12H2,1H3,(H,25,29)/t14-,16?/m0/s1. The zero-order valence-electron chi connectivity index (χ0n) is 18.0. The van der Waals surface area contributed by atoms with Crippen molar-refractivity contribution in [2.75, 3.05) is 5.75 Å². The molecule has 0 radical (unpaired) electrons. The molecule has 3 aromatic rings. The Kier molecular flexibility index (Phi) is 7.94. The number of amides is 1. The molecule has 0 aliphatic carbocycles. The molecule has 3 rings (SSSR count). The Hall–Kier alpha value is -3.38. The molecule has 1 amide bonds. The summed E-state index contributed by atoms with van der Waals surface area (Å²) in [5.41, 5.74) is 0.788. The fraction of sp³-hybridized carbons (Fsp3) is 0.318. The van der Waals surface area contributed by atoms with Crippen molar-refractivity contribution in [3.05, 3.63) is 60.0 Å². The lowest BCUT2D eigenvalue weighted by Gasteiger charge is -2.17. The van der Waals surface area contributed by atoms with Crippen molar-refractivity contribution in [1.29, 1.82) is 0 Å². The molecule has 1 heterocycles. The highest BCUT2D eigenvalue weighted by atomic mass is 32.2. The summed E-state index contributed by atoms with van der Waals surface area (Å²) < 4.78 is 59.8. The van der Waals surface area contributed by atoms with Gasteiger partial charge in [0.15, 0.2) is 15.4 Å². The van der Waals surface area contributed by atoms with Gasteiger partial charge in [0.1, 0.15) is 17.4 Å². The first-order valence-corrected chi connectivity index (χ1v) is 12.0. The van der Waals surface area contributed by atoms with Gasteiger partial charge in [-0.05, 0) is 24.6 Å². The molecule has 2 N–H and O–H groups in total. The van der Waals surface area contributed by atoms with Gasteiger partial charge in [0.05, 0.1) is 17.5 Å². The Balaban J connectivity index is 1.65. The maximum Gasteiger partial charge on any atom is 0.387 e. The summed E-state index contributed by atoms with van der Waals surface area (Å²) in [5, 5.41) is 12.5. The number of sulfone groups is 1. The number of ether oxygens (including phenoxy) is 1. The van der Waals surface area contributed by atoms with Crippen molar-refractivity contribution >= 4 is 32.6 Å². The molecule has 0 saturated heterocycles. The van der Waals surface area contributed by atoms with Crippen molar-refractivity contribution < 1.29 is 41.0 Å². The second-order valence-corrected chi connectivity index (χ2v) is 9.49. The predicted molar refractivity (Wildman–Crippen MR) is 117 cm³/mol. The number of rotatable bonds is 11. The molecule has 0 saturated carbocycles. The van der Waals surface area contributed by atoms with Gasteiger partial charge in [-0.15, -0.1) is 0 Å². The molecule has 1 aromatic heterocycles. The number of oxazole rings is 1. The van der Waals surface area contributed by atoms with Gasteiger partial charge in [-0.1, -0.05) is 37.3 Å². The van der Waals surface area contributed by atoms with Crippen LogP contribution in [0.5, 0.6) is 5.75 Å². The number of aromatic nitrogens is 1. The van der Waals surface area contributed by atoms with Gasteiger partial charge in [0, 0.05) is 5.56 Å². The van der Waals surface area contributed by atoms with Crippen molar-refractivity contribution in [3.8, 4) is 5.75 Å². The highest BCUT2D eigenvalue weighted by molar-refractivity contribution is 7.90. The average molecular weight is 496 g/mol. The maximum absolute atomic E-state index is 12.7. The molecule has 34 heavy (non-hydrogen) atoms. The lowest BCUT2D eigenvalue weighted by molar-refractivity contribution is -0.128. The van der Waals surface area contributed by atoms with Crippen molar-refractivity contribution in [2.24, 2.45) is 0 Å². The normalized spacial score (nSPS) is 13.6. The van der Waals surface area contributed by atoms with E-state index in [4.69, 9.17) is 4.42 Å². The van der Waals surface area contributed by atoms with Gasteiger partial charge >= 0.3 is 6.61 Å². The largest absolute Gasteiger partial charge is 0.435 e. The number of aliphatic hydroxyl groups excluding tert-OH is 1. The van der Waals surface area contributed by atoms with Crippen molar-refractivity contribution in [1.82, 2.24) is 10.3 Å². The Morgan fingerprint density at radius 3 is 2.50 bits per heavy atom. The first-order valence-electron chi connectivity index (χ1n) is 10.2. The number of nitrogens with zero attached hydrogens (tertiary/aromatic N) is 1. The lowest BCUT2D eigenvalue weighted by atomic mass is 10.1. The minimum Gasteiger partial charge on any atom is -0.435 e. The summed E-state index contributed by atoms with van der Waals surface area (Å²) in [5.74, 6) is -4.01. The van der Waals surface area contributed by atoms with E-state index in [9.17, 15) is 31.9 Å². The molecule has 12 heteroatoms. The third kappa shape index (κ3) is 6.35. The van der Waals surface area contributed by atoms with Gasteiger partial charge < -0.3 is 19.6 Å². The molecular formula is C22H22F2N2O7S. The molecule has 2 aromatic carbocycles. The third-order valence-electron chi connectivity index (χ3n) is 4.82. The van der Waals surface area contributed by atoms with Crippen LogP contribution in [0.3, 0.4) is 0 Å². The number of carbonyl (C=O) groups is 2. The summed E-state index contributed by atoms with van der Waals surface area (Å²) in [6.07, 6.45) is -1.88. The van der Waals surface area contributed by atoms with Gasteiger partial charge in [0.2, 0.25) is 5.78 Å². The van der Waals surface area contributed by atoms with E-state index in [0.29, 0.717) is 11.1 Å². The number of Topliss-reactive ketones (excluding diaryl/α,β-unsaturated/α-hetero) is 1. The van der Waals surface area contributed by atoms with E-state index >= 15 is 0 Å². The molecule has 1 unspecified atom stereocenters. The van der Waals surface area contributed by atoms with Crippen LogP contribution in [0.25, 0.3) is 11.1 Å². The third-order valence-corrected chi connectivity index (χ3v) is 6.40. The van der Waals surface area contributed by atoms with Gasteiger partial charge in [-0.2, -0.15) is 8.78 Å². The first kappa shape index (κ1) is 25.2. The number of hydrogen-bond acceptors (Lipinski definition) is 8. The monoisotopic (exact) mass is 496 g/mol. The van der Waals surface area contributed by atoms with Crippen LogP contribution in [0, 0.1) is 0 Å². The van der Waals surface area contributed by atoms with Crippen LogP contribution in [0.4, 0.5) is 8.78 Å². The molecule has 9 nitrogen and oxygen atoms in total. The molecule has 0 aliphatic heterocycles. The van der Waals surface area contributed by atoms with E-state index in [2.05, 4.69) is 15.0 Å². The lowest BCUT2D eigenvalue weighted by Crippen LogP contribution is -2.47. The highest BCUT2D eigenvalue weighted by Crippen LogP contribution is 2.23. The van der Waals surface area contributed by atoms with E-state index in [1.54, 1.807) is 31.2 Å². The van der Waals surface area contributed by atoms with Crippen LogP contribution >= 0.6 is 0 Å². The Morgan fingerprint density at radius 1 is 1.15 bits per heavy atom. The molecule has 0 spiro atoms. The van der Waals surface area contributed by atoms with Crippen LogP contribution in [-0.2, 0) is 20.4 Å². The quantitative estimate of drug-likeness (QED) is 0.387. The Bertz CT molecular complexity index is 1240. The summed E-state index contributed by atoms with van der Waals surface area (Å²) in [4.78, 5) is 29.2. The van der Waals surface area contributed by atoms with Gasteiger partial charge in [-0.3, -0.25) is 9.59 Å². The first-order chi connectivity index (χ1) is 16.1. The van der Waals surface area contributed by atoms with Crippen LogP contribution in [-0.4, -0.2) is 54.7 Å². The minimum absolute atomic E-state index is 0.0482. The molecule has 0 bridgehead atoms. The second kappa shape index (κ2) is 10.7. The van der Waals surface area contributed by atoms with Crippen molar-refractivity contribution in [3.63, 3.8) is 0 Å². The van der Waals surface area contributed by atoms with Gasteiger partial charge in [-0.25, -0.2) is 13.4 Å². The topological polar surface area (TPSA) is 136 Å². The number of carbonyl (C=O) groups excluding carboxylic acids is 2. The molecule has 2 atom stereocenters. The number of para-hydroxylation sites is 3.